The molecule has 1 nitrogen and oxygen atoms in total. The number of rotatable bonds is 3. The lowest BCUT2D eigenvalue weighted by atomic mass is 9.78. The Bertz CT molecular complexity index is 165. The van der Waals surface area contributed by atoms with Crippen LogP contribution in [-0.2, 0) is 0 Å². The molecule has 1 heteroatoms. The second-order valence-electron chi connectivity index (χ2n) is 5.14. The summed E-state index contributed by atoms with van der Waals surface area (Å²) in [6, 6.07) is 0.976. The molecule has 14 heavy (non-hydrogen) atoms. The number of hydrogen-bond donors (Lipinski definition) is 0. The SMILES string of the molecule is CCCCN1CCCC2CCCCC21. The summed E-state index contributed by atoms with van der Waals surface area (Å²) < 4.78 is 0. The first-order valence-corrected chi connectivity index (χ1v) is 6.66. The van der Waals surface area contributed by atoms with Gasteiger partial charge in [-0.1, -0.05) is 26.2 Å². The van der Waals surface area contributed by atoms with Crippen LogP contribution in [0.1, 0.15) is 58.3 Å². The molecular formula is C13H25N. The van der Waals surface area contributed by atoms with Gasteiger partial charge in [-0.2, -0.15) is 0 Å². The lowest BCUT2D eigenvalue weighted by molar-refractivity contribution is 0.0599. The minimum atomic E-state index is 0.976. The quantitative estimate of drug-likeness (QED) is 0.667. The summed E-state index contributed by atoms with van der Waals surface area (Å²) in [6.07, 6.45) is 11.8. The third-order valence-corrected chi connectivity index (χ3v) is 4.16. The second-order valence-corrected chi connectivity index (χ2v) is 5.14. The molecule has 0 aromatic rings. The fourth-order valence-electron chi connectivity index (χ4n) is 3.37. The van der Waals surface area contributed by atoms with Crippen molar-refractivity contribution in [3.05, 3.63) is 0 Å². The molecule has 0 amide bonds. The van der Waals surface area contributed by atoms with Crippen LogP contribution in [0.4, 0.5) is 0 Å². The smallest absolute Gasteiger partial charge is 0.0123 e. The summed E-state index contributed by atoms with van der Waals surface area (Å²) in [5.41, 5.74) is 0. The number of piperidine rings is 1. The molecule has 2 atom stereocenters. The van der Waals surface area contributed by atoms with Crippen LogP contribution in [0.5, 0.6) is 0 Å². The topological polar surface area (TPSA) is 3.24 Å². The van der Waals surface area contributed by atoms with Crippen LogP contribution in [0.15, 0.2) is 0 Å². The molecule has 0 aromatic carbocycles. The molecule has 1 saturated heterocycles. The molecule has 0 N–H and O–H groups in total. The van der Waals surface area contributed by atoms with E-state index in [1.165, 1.54) is 64.5 Å². The first-order chi connectivity index (χ1) is 6.92. The van der Waals surface area contributed by atoms with Crippen molar-refractivity contribution in [2.45, 2.75) is 64.3 Å². The van der Waals surface area contributed by atoms with Crippen molar-refractivity contribution in [1.82, 2.24) is 4.90 Å². The number of fused-ring (bicyclic) bond motifs is 1. The summed E-state index contributed by atoms with van der Waals surface area (Å²) in [4.78, 5) is 2.80. The summed E-state index contributed by atoms with van der Waals surface area (Å²) >= 11 is 0. The largest absolute Gasteiger partial charge is 0.300 e. The number of unbranched alkanes of at least 4 members (excludes halogenated alkanes) is 1. The Morgan fingerprint density at radius 1 is 1.07 bits per heavy atom. The Balaban J connectivity index is 1.88. The van der Waals surface area contributed by atoms with Crippen LogP contribution in [0.2, 0.25) is 0 Å². The zero-order valence-corrected chi connectivity index (χ0v) is 9.67. The predicted octanol–water partition coefficient (Wildman–Crippen LogP) is 3.44. The summed E-state index contributed by atoms with van der Waals surface area (Å²) in [6.45, 7) is 5.07. The van der Waals surface area contributed by atoms with E-state index in [9.17, 15) is 0 Å². The molecular weight excluding hydrogens is 170 g/mol. The Kier molecular flexibility index (Phi) is 3.86. The summed E-state index contributed by atoms with van der Waals surface area (Å²) in [7, 11) is 0. The maximum Gasteiger partial charge on any atom is 0.0123 e. The molecule has 0 spiro atoms. The van der Waals surface area contributed by atoms with E-state index >= 15 is 0 Å². The monoisotopic (exact) mass is 195 g/mol. The Morgan fingerprint density at radius 3 is 2.71 bits per heavy atom. The second kappa shape index (κ2) is 5.16. The van der Waals surface area contributed by atoms with Crippen LogP contribution in [0.25, 0.3) is 0 Å². The fourth-order valence-corrected chi connectivity index (χ4v) is 3.37. The Labute approximate surface area is 88.9 Å². The zero-order chi connectivity index (χ0) is 9.80. The van der Waals surface area contributed by atoms with Gasteiger partial charge in [0.2, 0.25) is 0 Å². The lowest BCUT2D eigenvalue weighted by Gasteiger charge is -2.44. The highest BCUT2D eigenvalue weighted by molar-refractivity contribution is 4.86. The van der Waals surface area contributed by atoms with E-state index in [-0.39, 0.29) is 0 Å². The Hall–Kier alpha value is -0.0400. The van der Waals surface area contributed by atoms with Gasteiger partial charge in [0.15, 0.2) is 0 Å². The number of nitrogens with zero attached hydrogens (tertiary/aromatic N) is 1. The van der Waals surface area contributed by atoms with Gasteiger partial charge >= 0.3 is 0 Å². The van der Waals surface area contributed by atoms with E-state index < -0.39 is 0 Å². The average molecular weight is 195 g/mol. The molecule has 1 heterocycles. The molecule has 2 rings (SSSR count). The molecule has 2 fully saturated rings. The van der Waals surface area contributed by atoms with E-state index in [0.717, 1.165) is 12.0 Å². The molecule has 1 saturated carbocycles. The molecule has 0 aromatic heterocycles. The van der Waals surface area contributed by atoms with Gasteiger partial charge in [-0.25, -0.2) is 0 Å². The van der Waals surface area contributed by atoms with Crippen molar-refractivity contribution < 1.29 is 0 Å². The van der Waals surface area contributed by atoms with E-state index in [1.54, 1.807) is 0 Å². The van der Waals surface area contributed by atoms with Crippen molar-refractivity contribution >= 4 is 0 Å². The van der Waals surface area contributed by atoms with Crippen LogP contribution >= 0.6 is 0 Å². The highest BCUT2D eigenvalue weighted by Crippen LogP contribution is 2.35. The van der Waals surface area contributed by atoms with Gasteiger partial charge in [-0.15, -0.1) is 0 Å². The molecule has 82 valence electrons. The average Bonchev–Trinajstić information content (AvgIpc) is 2.26. The lowest BCUT2D eigenvalue weighted by Crippen LogP contribution is -2.46. The molecule has 1 aliphatic heterocycles. The normalized spacial score (nSPS) is 34.1. The van der Waals surface area contributed by atoms with Gasteiger partial charge in [0.25, 0.3) is 0 Å². The van der Waals surface area contributed by atoms with Crippen LogP contribution in [-0.4, -0.2) is 24.0 Å². The van der Waals surface area contributed by atoms with Gasteiger partial charge in [0.05, 0.1) is 0 Å². The molecule has 0 bridgehead atoms. The number of likely N-dealkylation sites (tertiary alicyclic amines) is 1. The third-order valence-electron chi connectivity index (χ3n) is 4.16. The standard InChI is InChI=1S/C13H25N/c1-2-3-10-14-11-6-8-12-7-4-5-9-13(12)14/h12-13H,2-11H2,1H3. The number of hydrogen-bond acceptors (Lipinski definition) is 1. The molecule has 1 aliphatic carbocycles. The van der Waals surface area contributed by atoms with E-state index in [2.05, 4.69) is 11.8 Å². The van der Waals surface area contributed by atoms with Gasteiger partial charge < -0.3 is 4.90 Å². The predicted molar refractivity (Wildman–Crippen MR) is 61.5 cm³/mol. The first-order valence-electron chi connectivity index (χ1n) is 6.66. The molecule has 0 radical (unpaired) electrons. The summed E-state index contributed by atoms with van der Waals surface area (Å²) in [5.74, 6) is 1.06. The van der Waals surface area contributed by atoms with Crippen LogP contribution < -0.4 is 0 Å². The van der Waals surface area contributed by atoms with E-state index in [1.807, 2.05) is 0 Å². The maximum absolute atomic E-state index is 2.80. The fraction of sp³-hybridized carbons (Fsp3) is 1.00. The third kappa shape index (κ3) is 2.31. The highest BCUT2D eigenvalue weighted by atomic mass is 15.2. The molecule has 2 aliphatic rings. The van der Waals surface area contributed by atoms with Crippen molar-refractivity contribution in [2.24, 2.45) is 5.92 Å². The minimum absolute atomic E-state index is 0.976. The van der Waals surface area contributed by atoms with Gasteiger partial charge in [0.1, 0.15) is 0 Å². The van der Waals surface area contributed by atoms with Gasteiger partial charge in [0, 0.05) is 6.04 Å². The van der Waals surface area contributed by atoms with E-state index in [0.29, 0.717) is 0 Å². The van der Waals surface area contributed by atoms with Crippen molar-refractivity contribution in [3.8, 4) is 0 Å². The van der Waals surface area contributed by atoms with Crippen LogP contribution in [0.3, 0.4) is 0 Å². The molecule has 2 unspecified atom stereocenters. The maximum atomic E-state index is 2.80. The van der Waals surface area contributed by atoms with Crippen molar-refractivity contribution in [2.75, 3.05) is 13.1 Å². The van der Waals surface area contributed by atoms with Crippen molar-refractivity contribution in [1.29, 1.82) is 0 Å². The first kappa shape index (κ1) is 10.5. The van der Waals surface area contributed by atoms with Crippen LogP contribution in [0, 0.1) is 5.92 Å². The summed E-state index contributed by atoms with van der Waals surface area (Å²) in [5, 5.41) is 0. The van der Waals surface area contributed by atoms with Gasteiger partial charge in [-0.3, -0.25) is 0 Å². The Morgan fingerprint density at radius 2 is 1.86 bits per heavy atom. The van der Waals surface area contributed by atoms with Crippen molar-refractivity contribution in [3.63, 3.8) is 0 Å². The van der Waals surface area contributed by atoms with Gasteiger partial charge in [-0.05, 0) is 51.1 Å². The zero-order valence-electron chi connectivity index (χ0n) is 9.67. The highest BCUT2D eigenvalue weighted by Gasteiger charge is 2.32. The van der Waals surface area contributed by atoms with E-state index in [4.69, 9.17) is 0 Å². The minimum Gasteiger partial charge on any atom is -0.300 e.